The average Bonchev–Trinajstić information content (AvgIpc) is 3.02. The number of aromatic nitrogens is 2. The van der Waals surface area contributed by atoms with Gasteiger partial charge in [-0.25, -0.2) is 4.98 Å². The molecule has 3 aromatic rings. The molecule has 0 atom stereocenters. The van der Waals surface area contributed by atoms with Crippen LogP contribution < -0.4 is 15.6 Å². The molecule has 0 bridgehead atoms. The fourth-order valence-corrected chi connectivity index (χ4v) is 3.03. The summed E-state index contributed by atoms with van der Waals surface area (Å²) in [6.45, 7) is 2.17. The van der Waals surface area contributed by atoms with E-state index in [1.807, 2.05) is 0 Å². The highest BCUT2D eigenvalue weighted by molar-refractivity contribution is 7.15. The molecule has 1 aromatic carbocycles. The molecule has 3 rings (SSSR count). The summed E-state index contributed by atoms with van der Waals surface area (Å²) in [5.41, 5.74) is -0.380. The van der Waals surface area contributed by atoms with Gasteiger partial charge in [0.25, 0.3) is 5.56 Å². The molecule has 0 unspecified atom stereocenters. The molecule has 0 aliphatic rings. The van der Waals surface area contributed by atoms with Gasteiger partial charge in [0.15, 0.2) is 4.96 Å². The number of thiazole rings is 1. The first-order chi connectivity index (χ1) is 11.9. The van der Waals surface area contributed by atoms with Gasteiger partial charge in [-0.15, -0.1) is 11.3 Å². The van der Waals surface area contributed by atoms with E-state index in [0.717, 1.165) is 12.1 Å². The Morgan fingerprint density at radius 2 is 2.12 bits per heavy atom. The van der Waals surface area contributed by atoms with Gasteiger partial charge in [0.2, 0.25) is 0 Å². The predicted octanol–water partition coefficient (Wildman–Crippen LogP) is 3.79. The summed E-state index contributed by atoms with van der Waals surface area (Å²) in [4.78, 5) is 16.8. The Bertz CT molecular complexity index is 950. The van der Waals surface area contributed by atoms with Crippen molar-refractivity contribution in [3.8, 4) is 5.75 Å². The highest BCUT2D eigenvalue weighted by Gasteiger charge is 2.31. The van der Waals surface area contributed by atoms with Crippen molar-refractivity contribution in [2.45, 2.75) is 19.6 Å². The van der Waals surface area contributed by atoms with E-state index in [4.69, 9.17) is 4.74 Å². The van der Waals surface area contributed by atoms with E-state index in [0.29, 0.717) is 23.0 Å². The average molecular weight is 369 g/mol. The minimum absolute atomic E-state index is 0.102. The van der Waals surface area contributed by atoms with Crippen LogP contribution in [0.1, 0.15) is 18.2 Å². The molecule has 2 aromatic heterocycles. The van der Waals surface area contributed by atoms with Crippen molar-refractivity contribution in [2.75, 3.05) is 11.9 Å². The fraction of sp³-hybridized carbons (Fsp3) is 0.250. The standard InChI is InChI=1S/C16H14F3N3O2S/c1-2-24-13-4-3-10(16(17,18)19)7-12(13)20-9-11-8-14(23)22-5-6-25-15(22)21-11/h3-8,20H,2,9H2,1H3. The molecule has 132 valence electrons. The first kappa shape index (κ1) is 17.3. The first-order valence-corrected chi connectivity index (χ1v) is 8.30. The summed E-state index contributed by atoms with van der Waals surface area (Å²) >= 11 is 1.31. The van der Waals surface area contributed by atoms with Crippen molar-refractivity contribution in [2.24, 2.45) is 0 Å². The van der Waals surface area contributed by atoms with Crippen LogP contribution in [0.5, 0.6) is 5.75 Å². The summed E-state index contributed by atoms with van der Waals surface area (Å²) in [5.74, 6) is 0.310. The molecule has 0 saturated carbocycles. The van der Waals surface area contributed by atoms with Crippen LogP contribution in [0.2, 0.25) is 0 Å². The maximum atomic E-state index is 12.9. The molecule has 5 nitrogen and oxygen atoms in total. The molecule has 0 fully saturated rings. The van der Waals surface area contributed by atoms with Crippen molar-refractivity contribution < 1.29 is 17.9 Å². The summed E-state index contributed by atoms with van der Waals surface area (Å²) in [7, 11) is 0. The van der Waals surface area contributed by atoms with Gasteiger partial charge in [0, 0.05) is 17.6 Å². The van der Waals surface area contributed by atoms with Gasteiger partial charge in [-0.3, -0.25) is 9.20 Å². The lowest BCUT2D eigenvalue weighted by Crippen LogP contribution is -2.15. The second kappa shape index (κ2) is 6.75. The number of benzene rings is 1. The summed E-state index contributed by atoms with van der Waals surface area (Å²) in [6.07, 6.45) is -2.83. The number of alkyl halides is 3. The molecule has 0 saturated heterocycles. The van der Waals surface area contributed by atoms with Crippen LogP contribution in [0.3, 0.4) is 0 Å². The summed E-state index contributed by atoms with van der Waals surface area (Å²) in [6, 6.07) is 4.58. The van der Waals surface area contributed by atoms with E-state index in [2.05, 4.69) is 10.3 Å². The van der Waals surface area contributed by atoms with E-state index >= 15 is 0 Å². The molecule has 2 heterocycles. The topological polar surface area (TPSA) is 55.6 Å². The SMILES string of the molecule is CCOc1ccc(C(F)(F)F)cc1NCc1cc(=O)n2ccsc2n1. The van der Waals surface area contributed by atoms with Crippen LogP contribution in [-0.2, 0) is 12.7 Å². The minimum atomic E-state index is -4.45. The zero-order valence-corrected chi connectivity index (χ0v) is 13.9. The molecule has 1 N–H and O–H groups in total. The molecule has 0 aliphatic carbocycles. The third-order valence-electron chi connectivity index (χ3n) is 3.42. The van der Waals surface area contributed by atoms with Crippen LogP contribution in [-0.4, -0.2) is 16.0 Å². The Kier molecular flexibility index (Phi) is 4.67. The third-order valence-corrected chi connectivity index (χ3v) is 4.18. The van der Waals surface area contributed by atoms with Gasteiger partial charge < -0.3 is 10.1 Å². The Morgan fingerprint density at radius 1 is 1.32 bits per heavy atom. The predicted molar refractivity (Wildman–Crippen MR) is 89.3 cm³/mol. The minimum Gasteiger partial charge on any atom is -0.492 e. The molecule has 0 amide bonds. The number of halogens is 3. The second-order valence-corrected chi connectivity index (χ2v) is 6.01. The van der Waals surface area contributed by atoms with Gasteiger partial charge >= 0.3 is 6.18 Å². The van der Waals surface area contributed by atoms with Gasteiger partial charge in [-0.05, 0) is 25.1 Å². The van der Waals surface area contributed by atoms with Gasteiger partial charge in [0.05, 0.1) is 30.1 Å². The lowest BCUT2D eigenvalue weighted by atomic mass is 10.1. The molecular formula is C16H14F3N3O2S. The number of fused-ring (bicyclic) bond motifs is 1. The maximum Gasteiger partial charge on any atom is 0.416 e. The summed E-state index contributed by atoms with van der Waals surface area (Å²) < 4.78 is 45.5. The highest BCUT2D eigenvalue weighted by Crippen LogP contribution is 2.35. The molecule has 0 spiro atoms. The van der Waals surface area contributed by atoms with Crippen molar-refractivity contribution >= 4 is 22.0 Å². The van der Waals surface area contributed by atoms with Crippen LogP contribution in [0.15, 0.2) is 40.6 Å². The quantitative estimate of drug-likeness (QED) is 0.744. The van der Waals surface area contributed by atoms with E-state index in [1.54, 1.807) is 18.5 Å². The molecule has 0 aliphatic heterocycles. The normalized spacial score (nSPS) is 11.7. The number of nitrogens with one attached hydrogen (secondary N) is 1. The number of ether oxygens (including phenoxy) is 1. The Morgan fingerprint density at radius 3 is 2.84 bits per heavy atom. The third kappa shape index (κ3) is 3.76. The maximum absolute atomic E-state index is 12.9. The van der Waals surface area contributed by atoms with Crippen LogP contribution >= 0.6 is 11.3 Å². The van der Waals surface area contributed by atoms with Crippen LogP contribution in [0.4, 0.5) is 18.9 Å². The Hall–Kier alpha value is -2.55. The lowest BCUT2D eigenvalue weighted by molar-refractivity contribution is -0.137. The lowest BCUT2D eigenvalue weighted by Gasteiger charge is -2.15. The van der Waals surface area contributed by atoms with E-state index in [9.17, 15) is 18.0 Å². The Balaban J connectivity index is 1.88. The molecule has 0 radical (unpaired) electrons. The Labute approximate surface area is 144 Å². The van der Waals surface area contributed by atoms with E-state index in [1.165, 1.54) is 27.9 Å². The smallest absolute Gasteiger partial charge is 0.416 e. The van der Waals surface area contributed by atoms with Gasteiger partial charge in [-0.1, -0.05) is 0 Å². The number of rotatable bonds is 5. The van der Waals surface area contributed by atoms with Gasteiger partial charge in [-0.2, -0.15) is 13.2 Å². The van der Waals surface area contributed by atoms with Crippen molar-refractivity contribution in [1.29, 1.82) is 0 Å². The molecular weight excluding hydrogens is 355 g/mol. The number of hydrogen-bond acceptors (Lipinski definition) is 5. The number of anilines is 1. The van der Waals surface area contributed by atoms with E-state index in [-0.39, 0.29) is 17.8 Å². The van der Waals surface area contributed by atoms with Crippen LogP contribution in [0.25, 0.3) is 4.96 Å². The second-order valence-electron chi connectivity index (χ2n) is 5.14. The summed E-state index contributed by atoms with van der Waals surface area (Å²) in [5, 5.41) is 4.62. The van der Waals surface area contributed by atoms with Crippen molar-refractivity contribution in [1.82, 2.24) is 9.38 Å². The van der Waals surface area contributed by atoms with Gasteiger partial charge in [0.1, 0.15) is 5.75 Å². The largest absolute Gasteiger partial charge is 0.492 e. The van der Waals surface area contributed by atoms with Crippen molar-refractivity contribution in [3.05, 3.63) is 57.5 Å². The number of hydrogen-bond donors (Lipinski definition) is 1. The van der Waals surface area contributed by atoms with Crippen LogP contribution in [0, 0.1) is 0 Å². The fourth-order valence-electron chi connectivity index (χ4n) is 2.29. The highest BCUT2D eigenvalue weighted by atomic mass is 32.1. The zero-order valence-electron chi connectivity index (χ0n) is 13.1. The van der Waals surface area contributed by atoms with Crippen molar-refractivity contribution in [3.63, 3.8) is 0 Å². The first-order valence-electron chi connectivity index (χ1n) is 7.42. The van der Waals surface area contributed by atoms with E-state index < -0.39 is 11.7 Å². The molecule has 25 heavy (non-hydrogen) atoms. The monoisotopic (exact) mass is 369 g/mol. The number of nitrogens with zero attached hydrogens (tertiary/aromatic N) is 2. The molecule has 9 heteroatoms. The zero-order chi connectivity index (χ0) is 18.0.